The van der Waals surface area contributed by atoms with Gasteiger partial charge in [-0.1, -0.05) is 85.4 Å². The lowest BCUT2D eigenvalue weighted by atomic mass is 9.95. The summed E-state index contributed by atoms with van der Waals surface area (Å²) in [6.07, 6.45) is -8.51. The van der Waals surface area contributed by atoms with Crippen LogP contribution in [0.25, 0.3) is 0 Å². The van der Waals surface area contributed by atoms with E-state index in [0.717, 1.165) is 14.7 Å². The number of methoxy groups -OCH3 is 1. The van der Waals surface area contributed by atoms with Crippen molar-refractivity contribution < 1.29 is 77.1 Å². The molecular formula is C50H77N7O16. The quantitative estimate of drug-likeness (QED) is 0.0706. The first-order valence-electron chi connectivity index (χ1n) is 24.2. The summed E-state index contributed by atoms with van der Waals surface area (Å²) in [5.74, 6) is -12.3. The molecule has 1 aliphatic heterocycles. The molecule has 0 bridgehead atoms. The Morgan fingerprint density at radius 1 is 0.822 bits per heavy atom. The highest BCUT2D eigenvalue weighted by atomic mass is 16.6. The first-order chi connectivity index (χ1) is 34.1. The largest absolute Gasteiger partial charge is 0.458 e. The average Bonchev–Trinajstić information content (AvgIpc) is 3.34. The van der Waals surface area contributed by atoms with Crippen LogP contribution in [0.5, 0.6) is 0 Å². The van der Waals surface area contributed by atoms with Gasteiger partial charge in [0.25, 0.3) is 11.8 Å². The number of aliphatic hydroxyl groups is 2. The van der Waals surface area contributed by atoms with E-state index in [1.807, 2.05) is 0 Å². The Hall–Kier alpha value is -6.46. The van der Waals surface area contributed by atoms with Crippen LogP contribution in [0.2, 0.25) is 0 Å². The molecule has 1 aromatic carbocycles. The molecule has 1 saturated heterocycles. The summed E-state index contributed by atoms with van der Waals surface area (Å²) < 4.78 is 23.4. The van der Waals surface area contributed by atoms with Gasteiger partial charge in [0, 0.05) is 47.5 Å². The van der Waals surface area contributed by atoms with Gasteiger partial charge in [0.05, 0.1) is 18.8 Å². The predicted molar refractivity (Wildman–Crippen MR) is 263 cm³/mol. The molecule has 11 atom stereocenters. The zero-order valence-electron chi connectivity index (χ0n) is 44.5. The molecule has 6 N–H and O–H groups in total. The maximum absolute atomic E-state index is 15.2. The Kier molecular flexibility index (Phi) is 24.6. The van der Waals surface area contributed by atoms with Crippen molar-refractivity contribution in [2.24, 2.45) is 17.8 Å². The molecule has 0 radical (unpaired) electrons. The van der Waals surface area contributed by atoms with Gasteiger partial charge in [0.1, 0.15) is 36.0 Å². The number of cyclic esters (lactones) is 2. The molecule has 1 heterocycles. The molecule has 23 heteroatoms. The predicted octanol–water partition coefficient (Wildman–Crippen LogP) is -0.261. The van der Waals surface area contributed by atoms with Gasteiger partial charge in [0.2, 0.25) is 29.5 Å². The van der Waals surface area contributed by atoms with Crippen molar-refractivity contribution in [2.75, 3.05) is 34.9 Å². The molecule has 1 aromatic rings. The fourth-order valence-electron chi connectivity index (χ4n) is 7.60. The van der Waals surface area contributed by atoms with E-state index in [1.54, 1.807) is 58.0 Å². The standard InChI is InChI=1S/C50H77N7O16/c1-16-34(59)52-36(40(61)25(2)3)48(67)72-41(26(4)5)37-47(66)57(14)39(31(11)70-15)50(69)73-42(27(6)7)38(53-35(60)22-23-58)49(68)71-33(24-32-20-18-17-19-21-32)46(65)56(13)29(9)43(62)51-28(8)45(64)55(12)30(10)44(63)54-37/h17-21,25-28,30-31,33,36-42,58,61H,9,16,22-24H2,1-8,10-15H3,(H,51,62)(H,52,59)(H,53,60)(H,54,63). The summed E-state index contributed by atoms with van der Waals surface area (Å²) in [4.78, 5) is 143. The molecule has 11 unspecified atom stereocenters. The number of esters is 3. The zero-order valence-corrected chi connectivity index (χ0v) is 44.5. The Labute approximate surface area is 427 Å². The molecule has 2 rings (SSSR count). The van der Waals surface area contributed by atoms with Gasteiger partial charge in [-0.3, -0.25) is 33.6 Å². The van der Waals surface area contributed by atoms with Crippen LogP contribution in [0.1, 0.15) is 87.6 Å². The number of rotatable bonds is 16. The van der Waals surface area contributed by atoms with Gasteiger partial charge in [-0.2, -0.15) is 0 Å². The van der Waals surface area contributed by atoms with Crippen LogP contribution in [0, 0.1) is 17.8 Å². The summed E-state index contributed by atoms with van der Waals surface area (Å²) in [6, 6.07) is -1.61. The van der Waals surface area contributed by atoms with E-state index in [0.29, 0.717) is 5.56 Å². The van der Waals surface area contributed by atoms with Crippen LogP contribution in [0.15, 0.2) is 42.6 Å². The van der Waals surface area contributed by atoms with Crippen molar-refractivity contribution >= 4 is 59.3 Å². The Morgan fingerprint density at radius 2 is 1.42 bits per heavy atom. The molecular weight excluding hydrogens is 955 g/mol. The highest BCUT2D eigenvalue weighted by Gasteiger charge is 2.47. The van der Waals surface area contributed by atoms with Gasteiger partial charge in [-0.15, -0.1) is 0 Å². The van der Waals surface area contributed by atoms with E-state index in [-0.39, 0.29) is 12.8 Å². The Bertz CT molecular complexity index is 2140. The molecule has 0 spiro atoms. The normalized spacial score (nSPS) is 24.4. The summed E-state index contributed by atoms with van der Waals surface area (Å²) >= 11 is 0. The monoisotopic (exact) mass is 1030 g/mol. The highest BCUT2D eigenvalue weighted by Crippen LogP contribution is 2.23. The lowest BCUT2D eigenvalue weighted by Crippen LogP contribution is -2.64. The lowest BCUT2D eigenvalue weighted by Gasteiger charge is -2.39. The number of nitrogens with one attached hydrogen (secondary N) is 4. The third-order valence-corrected chi connectivity index (χ3v) is 12.5. The second-order valence-electron chi connectivity index (χ2n) is 19.0. The van der Waals surface area contributed by atoms with E-state index < -0.39 is 163 Å². The van der Waals surface area contributed by atoms with Gasteiger partial charge < -0.3 is 65.1 Å². The maximum atomic E-state index is 15.2. The number of hydrogen-bond acceptors (Lipinski definition) is 16. The summed E-state index contributed by atoms with van der Waals surface area (Å²) in [6.45, 7) is 18.0. The first-order valence-corrected chi connectivity index (χ1v) is 24.2. The van der Waals surface area contributed by atoms with Crippen LogP contribution < -0.4 is 21.3 Å². The topological polar surface area (TPSA) is 306 Å². The summed E-state index contributed by atoms with van der Waals surface area (Å²) in [7, 11) is 4.82. The lowest BCUT2D eigenvalue weighted by molar-refractivity contribution is -0.177. The number of carbonyl (C=O) groups is 10. The molecule has 7 amide bonds. The maximum Gasteiger partial charge on any atom is 0.333 e. The number of nitrogens with zero attached hydrogens (tertiary/aromatic N) is 3. The third kappa shape index (κ3) is 17.1. The fraction of sp³-hybridized carbons (Fsp3) is 0.640. The van der Waals surface area contributed by atoms with Gasteiger partial charge in [0.15, 0.2) is 24.2 Å². The number of carbonyl (C=O) groups excluding carboxylic acids is 10. The second-order valence-corrected chi connectivity index (χ2v) is 19.0. The minimum absolute atomic E-state index is 0.0688. The van der Waals surface area contributed by atoms with Crippen molar-refractivity contribution in [3.63, 3.8) is 0 Å². The van der Waals surface area contributed by atoms with E-state index in [1.165, 1.54) is 69.8 Å². The first kappa shape index (κ1) is 62.7. The summed E-state index contributed by atoms with van der Waals surface area (Å²) in [5, 5.41) is 30.7. The second kappa shape index (κ2) is 28.7. The number of likely N-dealkylation sites (N-methyl/N-ethyl adjacent to an activating group) is 3. The summed E-state index contributed by atoms with van der Waals surface area (Å²) in [5.41, 5.74) is 0.00590. The molecule has 408 valence electrons. The minimum Gasteiger partial charge on any atom is -0.458 e. The van der Waals surface area contributed by atoms with Crippen LogP contribution in [0.3, 0.4) is 0 Å². The number of benzene rings is 1. The number of amides is 7. The molecule has 23 nitrogen and oxygen atoms in total. The van der Waals surface area contributed by atoms with E-state index in [9.17, 15) is 53.4 Å². The van der Waals surface area contributed by atoms with Crippen molar-refractivity contribution in [2.45, 2.75) is 155 Å². The molecule has 0 aliphatic carbocycles. The molecule has 1 fully saturated rings. The van der Waals surface area contributed by atoms with Gasteiger partial charge in [-0.05, 0) is 44.1 Å². The fourth-order valence-corrected chi connectivity index (χ4v) is 7.60. The van der Waals surface area contributed by atoms with E-state index in [4.69, 9.17) is 18.9 Å². The van der Waals surface area contributed by atoms with Gasteiger partial charge >= 0.3 is 17.9 Å². The van der Waals surface area contributed by atoms with Crippen LogP contribution in [-0.4, -0.2) is 186 Å². The number of aliphatic hydroxyl groups excluding tert-OH is 2. The van der Waals surface area contributed by atoms with Gasteiger partial charge in [-0.25, -0.2) is 14.4 Å². The number of ether oxygens (including phenoxy) is 4. The zero-order chi connectivity index (χ0) is 55.8. The third-order valence-electron chi connectivity index (χ3n) is 12.5. The Morgan fingerprint density at radius 3 is 1.95 bits per heavy atom. The van der Waals surface area contributed by atoms with Crippen molar-refractivity contribution in [3.8, 4) is 0 Å². The van der Waals surface area contributed by atoms with Crippen LogP contribution >= 0.6 is 0 Å². The SMILES string of the molecule is C=C1C(=O)NC(C)C(=O)N(C)C(C)C(=O)NC(C(OC(=O)C(NC(=O)CC)C(O)C(C)C)C(C)C)C(=O)N(C)C(C(C)OC)C(=O)OC(C(C)C)C(NC(=O)CCO)C(=O)OC(Cc2ccccc2)C(=O)N1C. The molecule has 73 heavy (non-hydrogen) atoms. The molecule has 1 aliphatic rings. The van der Waals surface area contributed by atoms with Crippen molar-refractivity contribution in [1.82, 2.24) is 36.0 Å². The van der Waals surface area contributed by atoms with Crippen molar-refractivity contribution in [1.29, 1.82) is 0 Å². The molecule has 0 saturated carbocycles. The van der Waals surface area contributed by atoms with Crippen LogP contribution in [-0.2, 0) is 73.3 Å². The minimum atomic E-state index is -1.89. The van der Waals surface area contributed by atoms with Crippen molar-refractivity contribution in [3.05, 3.63) is 48.2 Å². The van der Waals surface area contributed by atoms with E-state index >= 15 is 4.79 Å². The Balaban J connectivity index is 3.01. The highest BCUT2D eigenvalue weighted by molar-refractivity contribution is 6.01. The number of hydrogen-bond donors (Lipinski definition) is 6. The smallest absolute Gasteiger partial charge is 0.333 e. The average molecular weight is 1030 g/mol. The van der Waals surface area contributed by atoms with Crippen LogP contribution in [0.4, 0.5) is 0 Å². The van der Waals surface area contributed by atoms with E-state index in [2.05, 4.69) is 27.8 Å². The molecule has 0 aromatic heterocycles.